The van der Waals surface area contributed by atoms with Crippen LogP contribution in [0.25, 0.3) is 0 Å². The Bertz CT molecular complexity index is 512. The highest BCUT2D eigenvalue weighted by Crippen LogP contribution is 2.47. The van der Waals surface area contributed by atoms with Crippen molar-refractivity contribution >= 4 is 5.91 Å². The van der Waals surface area contributed by atoms with Gasteiger partial charge in [0, 0.05) is 6.04 Å². The normalized spacial score (nSPS) is 32.0. The maximum absolute atomic E-state index is 12.5. The van der Waals surface area contributed by atoms with Crippen molar-refractivity contribution in [1.82, 2.24) is 5.32 Å². The van der Waals surface area contributed by atoms with E-state index >= 15 is 0 Å². The van der Waals surface area contributed by atoms with Gasteiger partial charge >= 0.3 is 0 Å². The van der Waals surface area contributed by atoms with Crippen molar-refractivity contribution in [2.75, 3.05) is 7.11 Å². The van der Waals surface area contributed by atoms with Crippen LogP contribution in [0.2, 0.25) is 0 Å². The van der Waals surface area contributed by atoms with E-state index in [4.69, 9.17) is 10.5 Å². The number of carbonyl (C=O) groups is 1. The molecule has 2 fully saturated rings. The topological polar surface area (TPSA) is 64.3 Å². The molecule has 21 heavy (non-hydrogen) atoms. The smallest absolute Gasteiger partial charge is 0.225 e. The fraction of sp³-hybridized carbons (Fsp3) is 0.588. The van der Waals surface area contributed by atoms with E-state index in [1.54, 1.807) is 7.11 Å². The van der Waals surface area contributed by atoms with E-state index in [0.717, 1.165) is 24.2 Å². The first-order valence-electron chi connectivity index (χ1n) is 7.80. The average Bonchev–Trinajstić information content (AvgIpc) is 3.08. The first kappa shape index (κ1) is 14.4. The summed E-state index contributed by atoms with van der Waals surface area (Å²) in [4.78, 5) is 12.5. The van der Waals surface area contributed by atoms with Gasteiger partial charge in [-0.15, -0.1) is 0 Å². The number of carbonyl (C=O) groups excluding carboxylic acids is 1. The fourth-order valence-corrected chi connectivity index (χ4v) is 4.01. The average molecular weight is 288 g/mol. The maximum atomic E-state index is 12.5. The third-order valence-corrected chi connectivity index (χ3v) is 5.26. The lowest BCUT2D eigenvalue weighted by Crippen LogP contribution is -2.45. The minimum Gasteiger partial charge on any atom is -0.497 e. The number of nitrogens with two attached hydrogens (primary N) is 1. The van der Waals surface area contributed by atoms with Gasteiger partial charge in [0.25, 0.3) is 0 Å². The number of amides is 1. The number of nitrogens with one attached hydrogen (secondary N) is 1. The van der Waals surface area contributed by atoms with Gasteiger partial charge < -0.3 is 15.8 Å². The molecule has 5 atom stereocenters. The van der Waals surface area contributed by atoms with Crippen molar-refractivity contribution in [3.05, 3.63) is 29.8 Å². The van der Waals surface area contributed by atoms with Gasteiger partial charge in [-0.25, -0.2) is 0 Å². The van der Waals surface area contributed by atoms with Gasteiger partial charge in [-0.1, -0.05) is 12.1 Å². The van der Waals surface area contributed by atoms with Crippen LogP contribution in [-0.2, 0) is 4.79 Å². The highest BCUT2D eigenvalue weighted by molar-refractivity contribution is 5.80. The zero-order valence-corrected chi connectivity index (χ0v) is 12.7. The molecular formula is C17H24N2O2. The molecule has 0 aromatic heterocycles. The SMILES string of the molecule is COc1ccc(C(C)NC(=O)C2C3CCC(C3)C2N)cc1. The summed E-state index contributed by atoms with van der Waals surface area (Å²) in [7, 11) is 1.65. The lowest BCUT2D eigenvalue weighted by atomic mass is 9.84. The number of rotatable bonds is 4. The molecule has 1 aromatic rings. The summed E-state index contributed by atoms with van der Waals surface area (Å²) in [5.74, 6) is 2.00. The molecule has 4 nitrogen and oxygen atoms in total. The predicted molar refractivity (Wildman–Crippen MR) is 81.8 cm³/mol. The summed E-state index contributed by atoms with van der Waals surface area (Å²) in [6.45, 7) is 2.01. The van der Waals surface area contributed by atoms with Gasteiger partial charge in [-0.3, -0.25) is 4.79 Å². The Hall–Kier alpha value is -1.55. The van der Waals surface area contributed by atoms with Crippen molar-refractivity contribution in [2.24, 2.45) is 23.5 Å². The second kappa shape index (κ2) is 5.68. The molecular weight excluding hydrogens is 264 g/mol. The first-order valence-corrected chi connectivity index (χ1v) is 7.80. The van der Waals surface area contributed by atoms with E-state index in [9.17, 15) is 4.79 Å². The summed E-state index contributed by atoms with van der Waals surface area (Å²) in [5, 5.41) is 3.13. The van der Waals surface area contributed by atoms with Gasteiger partial charge in [0.05, 0.1) is 19.1 Å². The van der Waals surface area contributed by atoms with Gasteiger partial charge in [-0.2, -0.15) is 0 Å². The Balaban J connectivity index is 1.64. The molecule has 3 rings (SSSR count). The maximum Gasteiger partial charge on any atom is 0.225 e. The summed E-state index contributed by atoms with van der Waals surface area (Å²) < 4.78 is 5.15. The minimum absolute atomic E-state index is 0.00412. The number of hydrogen-bond donors (Lipinski definition) is 2. The molecule has 3 N–H and O–H groups in total. The van der Waals surface area contributed by atoms with Crippen molar-refractivity contribution in [3.8, 4) is 5.75 Å². The van der Waals surface area contributed by atoms with E-state index < -0.39 is 0 Å². The van der Waals surface area contributed by atoms with Crippen LogP contribution in [0.4, 0.5) is 0 Å². The largest absolute Gasteiger partial charge is 0.497 e. The molecule has 2 saturated carbocycles. The molecule has 0 aliphatic heterocycles. The number of fused-ring (bicyclic) bond motifs is 2. The van der Waals surface area contributed by atoms with E-state index in [2.05, 4.69) is 5.32 Å². The third kappa shape index (κ3) is 2.64. The van der Waals surface area contributed by atoms with Crippen LogP contribution in [0.15, 0.2) is 24.3 Å². The number of hydrogen-bond acceptors (Lipinski definition) is 3. The summed E-state index contributed by atoms with van der Waals surface area (Å²) in [6.07, 6.45) is 3.49. The molecule has 0 heterocycles. The molecule has 0 saturated heterocycles. The van der Waals surface area contributed by atoms with Crippen molar-refractivity contribution in [1.29, 1.82) is 0 Å². The molecule has 0 radical (unpaired) electrons. The third-order valence-electron chi connectivity index (χ3n) is 5.26. The zero-order chi connectivity index (χ0) is 15.0. The Morgan fingerprint density at radius 3 is 2.52 bits per heavy atom. The van der Waals surface area contributed by atoms with Crippen molar-refractivity contribution in [3.63, 3.8) is 0 Å². The van der Waals surface area contributed by atoms with Gasteiger partial charge in [0.2, 0.25) is 5.91 Å². The van der Waals surface area contributed by atoms with Crippen LogP contribution < -0.4 is 15.8 Å². The van der Waals surface area contributed by atoms with Gasteiger partial charge in [0.15, 0.2) is 0 Å². The molecule has 1 amide bonds. The molecule has 5 unspecified atom stereocenters. The van der Waals surface area contributed by atoms with E-state index in [1.165, 1.54) is 6.42 Å². The van der Waals surface area contributed by atoms with Crippen LogP contribution in [0.1, 0.15) is 37.8 Å². The van der Waals surface area contributed by atoms with E-state index in [0.29, 0.717) is 11.8 Å². The van der Waals surface area contributed by atoms with E-state index in [1.807, 2.05) is 31.2 Å². The summed E-state index contributed by atoms with van der Waals surface area (Å²) in [5.41, 5.74) is 7.32. The molecule has 4 heteroatoms. The molecule has 0 spiro atoms. The highest BCUT2D eigenvalue weighted by atomic mass is 16.5. The fourth-order valence-electron chi connectivity index (χ4n) is 4.01. The van der Waals surface area contributed by atoms with Crippen LogP contribution >= 0.6 is 0 Å². The Morgan fingerprint density at radius 1 is 1.29 bits per heavy atom. The number of methoxy groups -OCH3 is 1. The van der Waals surface area contributed by atoms with Gasteiger partial charge in [0.1, 0.15) is 5.75 Å². The second-order valence-corrected chi connectivity index (χ2v) is 6.44. The lowest BCUT2D eigenvalue weighted by Gasteiger charge is -2.28. The lowest BCUT2D eigenvalue weighted by molar-refractivity contribution is -0.127. The standard InChI is InChI=1S/C17H24N2O2/c1-10(11-5-7-14(21-2)8-6-11)19-17(20)15-12-3-4-13(9-12)16(15)18/h5-8,10,12-13,15-16H,3-4,9,18H2,1-2H3,(H,19,20). The van der Waals surface area contributed by atoms with Crippen LogP contribution in [0, 0.1) is 17.8 Å². The monoisotopic (exact) mass is 288 g/mol. The Labute approximate surface area is 126 Å². The first-order chi connectivity index (χ1) is 10.1. The molecule has 2 bridgehead atoms. The Kier molecular flexibility index (Phi) is 3.89. The zero-order valence-electron chi connectivity index (χ0n) is 12.7. The number of ether oxygens (including phenoxy) is 1. The van der Waals surface area contributed by atoms with Crippen LogP contribution in [0.3, 0.4) is 0 Å². The predicted octanol–water partition coefficient (Wildman–Crippen LogP) is 2.25. The quantitative estimate of drug-likeness (QED) is 0.893. The van der Waals surface area contributed by atoms with Crippen LogP contribution in [0.5, 0.6) is 5.75 Å². The Morgan fingerprint density at radius 2 is 1.95 bits per heavy atom. The molecule has 2 aliphatic carbocycles. The number of benzene rings is 1. The molecule has 1 aromatic carbocycles. The van der Waals surface area contributed by atoms with Gasteiger partial charge in [-0.05, 0) is 55.7 Å². The second-order valence-electron chi connectivity index (χ2n) is 6.44. The molecule has 114 valence electrons. The highest BCUT2D eigenvalue weighted by Gasteiger charge is 2.49. The molecule has 2 aliphatic rings. The van der Waals surface area contributed by atoms with Crippen molar-refractivity contribution in [2.45, 2.75) is 38.3 Å². The van der Waals surface area contributed by atoms with E-state index in [-0.39, 0.29) is 23.9 Å². The minimum atomic E-state index is -0.00488. The summed E-state index contributed by atoms with van der Waals surface area (Å²) >= 11 is 0. The van der Waals surface area contributed by atoms with Crippen LogP contribution in [-0.4, -0.2) is 19.1 Å². The summed E-state index contributed by atoms with van der Waals surface area (Å²) in [6, 6.07) is 7.86. The van der Waals surface area contributed by atoms with Crippen molar-refractivity contribution < 1.29 is 9.53 Å².